The minimum Gasteiger partial charge on any atom is -0.481 e. The van der Waals surface area contributed by atoms with Gasteiger partial charge in [-0.05, 0) is 19.1 Å². The molecule has 0 heterocycles. The number of amides is 1. The predicted octanol–water partition coefficient (Wildman–Crippen LogP) is 1.03. The van der Waals surface area contributed by atoms with Crippen molar-refractivity contribution in [2.45, 2.75) is 13.3 Å². The van der Waals surface area contributed by atoms with Crippen molar-refractivity contribution in [3.05, 3.63) is 29.8 Å². The van der Waals surface area contributed by atoms with E-state index >= 15 is 0 Å². The highest BCUT2D eigenvalue weighted by Crippen LogP contribution is 2.15. The number of carbonyl (C=O) groups excluding carboxylic acids is 1. The van der Waals surface area contributed by atoms with E-state index < -0.39 is 5.97 Å². The molecule has 0 saturated carbocycles. The number of nitrogens with zero attached hydrogens (tertiary/aromatic N) is 1. The first-order valence-electron chi connectivity index (χ1n) is 6.26. The average Bonchev–Trinajstić information content (AvgIpc) is 2.42. The lowest BCUT2D eigenvalue weighted by Crippen LogP contribution is -2.38. The molecule has 0 radical (unpaired) electrons. The van der Waals surface area contributed by atoms with Gasteiger partial charge in [-0.1, -0.05) is 23.6 Å². The van der Waals surface area contributed by atoms with Crippen LogP contribution in [0.2, 0.25) is 0 Å². The molecule has 0 aliphatic carbocycles. The number of rotatable bonds is 7. The van der Waals surface area contributed by atoms with Crippen LogP contribution in [0.3, 0.4) is 0 Å². The van der Waals surface area contributed by atoms with Crippen molar-refractivity contribution in [2.24, 2.45) is 0 Å². The summed E-state index contributed by atoms with van der Waals surface area (Å²) >= 11 is 0. The second-order valence-electron chi connectivity index (χ2n) is 4.38. The van der Waals surface area contributed by atoms with Crippen molar-refractivity contribution < 1.29 is 14.7 Å². The molecule has 0 spiro atoms. The minimum absolute atomic E-state index is 0.0315. The number of aryl methyl sites for hydroxylation is 1. The van der Waals surface area contributed by atoms with Gasteiger partial charge < -0.3 is 15.3 Å². The second kappa shape index (κ2) is 7.85. The number of hydrogen-bond acceptors (Lipinski definition) is 3. The molecule has 0 fully saturated rings. The molecule has 0 unspecified atom stereocenters. The molecule has 0 atom stereocenters. The Bertz CT molecular complexity index is 503. The second-order valence-corrected chi connectivity index (χ2v) is 4.38. The van der Waals surface area contributed by atoms with Gasteiger partial charge in [0.2, 0.25) is 5.91 Å². The first-order valence-corrected chi connectivity index (χ1v) is 6.26. The molecule has 0 aliphatic heterocycles. The third-order valence-electron chi connectivity index (χ3n) is 2.72. The summed E-state index contributed by atoms with van der Waals surface area (Å²) in [4.78, 5) is 24.1. The third-order valence-corrected chi connectivity index (χ3v) is 2.72. The van der Waals surface area contributed by atoms with E-state index in [4.69, 9.17) is 11.5 Å². The maximum atomic E-state index is 11.7. The van der Waals surface area contributed by atoms with E-state index in [0.717, 1.165) is 11.3 Å². The SMILES string of the molecule is C#CCNC(=O)CN(CCC(=O)O)c1ccc(C)cc1. The maximum Gasteiger partial charge on any atom is 0.305 e. The van der Waals surface area contributed by atoms with Crippen molar-refractivity contribution in [1.82, 2.24) is 5.32 Å². The highest BCUT2D eigenvalue weighted by Gasteiger charge is 2.12. The van der Waals surface area contributed by atoms with Gasteiger partial charge in [0.15, 0.2) is 0 Å². The van der Waals surface area contributed by atoms with Gasteiger partial charge in [-0.25, -0.2) is 0 Å². The molecule has 5 nitrogen and oxygen atoms in total. The lowest BCUT2D eigenvalue weighted by molar-refractivity contribution is -0.136. The predicted molar refractivity (Wildman–Crippen MR) is 77.5 cm³/mol. The minimum atomic E-state index is -0.897. The molecule has 0 aliphatic rings. The number of carbonyl (C=O) groups is 2. The fourth-order valence-electron chi connectivity index (χ4n) is 1.66. The van der Waals surface area contributed by atoms with Gasteiger partial charge in [0.05, 0.1) is 19.5 Å². The van der Waals surface area contributed by atoms with Crippen LogP contribution in [0.25, 0.3) is 0 Å². The molecule has 106 valence electrons. The lowest BCUT2D eigenvalue weighted by Gasteiger charge is -2.23. The van der Waals surface area contributed by atoms with Crippen molar-refractivity contribution in [1.29, 1.82) is 0 Å². The van der Waals surface area contributed by atoms with Gasteiger partial charge in [-0.3, -0.25) is 9.59 Å². The van der Waals surface area contributed by atoms with Crippen LogP contribution in [0.5, 0.6) is 0 Å². The van der Waals surface area contributed by atoms with Crippen LogP contribution in [0, 0.1) is 19.3 Å². The molecule has 5 heteroatoms. The molecule has 0 bridgehead atoms. The molecule has 20 heavy (non-hydrogen) atoms. The zero-order valence-corrected chi connectivity index (χ0v) is 11.4. The fraction of sp³-hybridized carbons (Fsp3) is 0.333. The summed E-state index contributed by atoms with van der Waals surface area (Å²) in [7, 11) is 0. The van der Waals surface area contributed by atoms with Crippen molar-refractivity contribution in [3.8, 4) is 12.3 Å². The molecule has 1 aromatic carbocycles. The fourth-order valence-corrected chi connectivity index (χ4v) is 1.66. The number of carboxylic acids is 1. The first kappa shape index (κ1) is 15.6. The molecule has 2 N–H and O–H groups in total. The number of benzene rings is 1. The average molecular weight is 274 g/mol. The van der Waals surface area contributed by atoms with Gasteiger partial charge in [0, 0.05) is 12.2 Å². The summed E-state index contributed by atoms with van der Waals surface area (Å²) in [6, 6.07) is 7.57. The molecule has 1 amide bonds. The molecular weight excluding hydrogens is 256 g/mol. The molecule has 0 aromatic heterocycles. The Hall–Kier alpha value is -2.48. The van der Waals surface area contributed by atoms with E-state index in [1.807, 2.05) is 31.2 Å². The smallest absolute Gasteiger partial charge is 0.305 e. The summed E-state index contributed by atoms with van der Waals surface area (Å²) in [6.45, 7) is 2.48. The Labute approximate surface area is 118 Å². The number of anilines is 1. The van der Waals surface area contributed by atoms with Gasteiger partial charge in [-0.15, -0.1) is 6.42 Å². The topological polar surface area (TPSA) is 69.6 Å². The van der Waals surface area contributed by atoms with E-state index in [9.17, 15) is 9.59 Å². The van der Waals surface area contributed by atoms with E-state index in [2.05, 4.69) is 11.2 Å². The Morgan fingerprint density at radius 3 is 2.55 bits per heavy atom. The third kappa shape index (κ3) is 5.44. The van der Waals surface area contributed by atoms with Crippen molar-refractivity contribution in [2.75, 3.05) is 24.5 Å². The van der Waals surface area contributed by atoms with Crippen LogP contribution >= 0.6 is 0 Å². The summed E-state index contributed by atoms with van der Waals surface area (Å²) in [5, 5.41) is 11.3. The largest absolute Gasteiger partial charge is 0.481 e. The monoisotopic (exact) mass is 274 g/mol. The Balaban J connectivity index is 2.74. The molecule has 1 rings (SSSR count). The number of terminal acetylenes is 1. The van der Waals surface area contributed by atoms with Gasteiger partial charge in [0.1, 0.15) is 0 Å². The lowest BCUT2D eigenvalue weighted by atomic mass is 10.2. The summed E-state index contributed by atoms with van der Waals surface area (Å²) < 4.78 is 0. The van der Waals surface area contributed by atoms with Gasteiger partial charge in [-0.2, -0.15) is 0 Å². The zero-order valence-electron chi connectivity index (χ0n) is 11.4. The van der Waals surface area contributed by atoms with E-state index in [1.54, 1.807) is 4.90 Å². The summed E-state index contributed by atoms with van der Waals surface area (Å²) in [5.74, 6) is 1.20. The van der Waals surface area contributed by atoms with Crippen molar-refractivity contribution in [3.63, 3.8) is 0 Å². The molecule has 1 aromatic rings. The van der Waals surface area contributed by atoms with Crippen molar-refractivity contribution >= 4 is 17.6 Å². The van der Waals surface area contributed by atoms with Crippen LogP contribution < -0.4 is 10.2 Å². The standard InChI is InChI=1S/C15H18N2O3/c1-3-9-16-14(18)11-17(10-8-15(19)20)13-6-4-12(2)5-7-13/h1,4-7H,8-11H2,2H3,(H,16,18)(H,19,20). The van der Waals surface area contributed by atoms with E-state index in [1.165, 1.54) is 0 Å². The van der Waals surface area contributed by atoms with Crippen LogP contribution in [-0.4, -0.2) is 36.6 Å². The summed E-state index contributed by atoms with van der Waals surface area (Å²) in [5.41, 5.74) is 1.91. The van der Waals surface area contributed by atoms with Crippen LogP contribution in [0.4, 0.5) is 5.69 Å². The number of nitrogens with one attached hydrogen (secondary N) is 1. The van der Waals surface area contributed by atoms with Crippen LogP contribution in [-0.2, 0) is 9.59 Å². The Morgan fingerprint density at radius 1 is 1.35 bits per heavy atom. The molecular formula is C15H18N2O3. The zero-order chi connectivity index (χ0) is 15.0. The van der Waals surface area contributed by atoms with Crippen LogP contribution in [0.15, 0.2) is 24.3 Å². The normalized spacial score (nSPS) is 9.60. The maximum absolute atomic E-state index is 11.7. The highest BCUT2D eigenvalue weighted by atomic mass is 16.4. The highest BCUT2D eigenvalue weighted by molar-refractivity contribution is 5.81. The van der Waals surface area contributed by atoms with Crippen LogP contribution in [0.1, 0.15) is 12.0 Å². The quantitative estimate of drug-likeness (QED) is 0.729. The summed E-state index contributed by atoms with van der Waals surface area (Å²) in [6.07, 6.45) is 5.05. The molecule has 0 saturated heterocycles. The Kier molecular flexibility index (Phi) is 6.11. The van der Waals surface area contributed by atoms with E-state index in [-0.39, 0.29) is 32.0 Å². The Morgan fingerprint density at radius 2 is 2.00 bits per heavy atom. The van der Waals surface area contributed by atoms with Gasteiger partial charge in [0.25, 0.3) is 0 Å². The number of carboxylic acid groups (broad SMARTS) is 1. The van der Waals surface area contributed by atoms with E-state index in [0.29, 0.717) is 0 Å². The first-order chi connectivity index (χ1) is 9.52. The number of hydrogen-bond donors (Lipinski definition) is 2. The number of aliphatic carboxylic acids is 1. The van der Waals surface area contributed by atoms with Gasteiger partial charge >= 0.3 is 5.97 Å².